The molecule has 5 heteroatoms. The molecule has 2 atom stereocenters. The zero-order valence-corrected chi connectivity index (χ0v) is 13.0. The zero-order chi connectivity index (χ0) is 14.5. The maximum atomic E-state index is 13.9. The van der Waals surface area contributed by atoms with Gasteiger partial charge in [0.05, 0.1) is 0 Å². The molecule has 1 fully saturated rings. The summed E-state index contributed by atoms with van der Waals surface area (Å²) in [5.41, 5.74) is 0.725. The third-order valence-corrected chi connectivity index (χ3v) is 5.21. The highest BCUT2D eigenvalue weighted by Crippen LogP contribution is 2.25. The zero-order valence-electron chi connectivity index (χ0n) is 12.1. The number of halogens is 1. The van der Waals surface area contributed by atoms with Crippen LogP contribution in [0, 0.1) is 11.7 Å². The van der Waals surface area contributed by atoms with Crippen LogP contribution in [-0.2, 0) is 10.8 Å². The van der Waals surface area contributed by atoms with Crippen LogP contribution >= 0.6 is 0 Å². The van der Waals surface area contributed by atoms with Crippen LogP contribution in [0.2, 0.25) is 0 Å². The third kappa shape index (κ3) is 3.87. The van der Waals surface area contributed by atoms with E-state index < -0.39 is 10.8 Å². The molecule has 0 aromatic heterocycles. The van der Waals surface area contributed by atoms with Crippen molar-refractivity contribution < 1.29 is 8.60 Å². The third-order valence-electron chi connectivity index (χ3n) is 3.94. The quantitative estimate of drug-likeness (QED) is 0.899. The first-order valence-electron chi connectivity index (χ1n) is 7.11. The molecule has 0 saturated carbocycles. The summed E-state index contributed by atoms with van der Waals surface area (Å²) in [6, 6.07) is 6.95. The van der Waals surface area contributed by atoms with Crippen LogP contribution in [0.3, 0.4) is 0 Å². The smallest absolute Gasteiger partial charge is 0.127 e. The molecule has 1 heterocycles. The van der Waals surface area contributed by atoms with E-state index in [-0.39, 0.29) is 11.9 Å². The first kappa shape index (κ1) is 15.6. The molecule has 1 aromatic rings. The lowest BCUT2D eigenvalue weighted by Gasteiger charge is -2.32. The molecule has 1 N–H and O–H groups in total. The van der Waals surface area contributed by atoms with Gasteiger partial charge in [0.2, 0.25) is 0 Å². The van der Waals surface area contributed by atoms with E-state index in [2.05, 4.69) is 17.1 Å². The highest BCUT2D eigenvalue weighted by molar-refractivity contribution is 7.85. The second-order valence-electron chi connectivity index (χ2n) is 5.41. The highest BCUT2D eigenvalue weighted by Gasteiger charge is 2.24. The molecule has 0 spiro atoms. The van der Waals surface area contributed by atoms with E-state index in [1.807, 2.05) is 19.2 Å². The Morgan fingerprint density at radius 1 is 1.35 bits per heavy atom. The van der Waals surface area contributed by atoms with Crippen molar-refractivity contribution in [1.29, 1.82) is 0 Å². The van der Waals surface area contributed by atoms with Gasteiger partial charge in [-0.05, 0) is 19.0 Å². The number of nitrogens with zero attached hydrogens (tertiary/aromatic N) is 1. The summed E-state index contributed by atoms with van der Waals surface area (Å²) in [5, 5.41) is 3.23. The molecule has 0 aliphatic carbocycles. The number of benzene rings is 1. The molecule has 1 aromatic carbocycles. The van der Waals surface area contributed by atoms with Gasteiger partial charge in [-0.15, -0.1) is 0 Å². The van der Waals surface area contributed by atoms with E-state index in [1.165, 1.54) is 6.07 Å². The van der Waals surface area contributed by atoms with Crippen LogP contribution in [0.4, 0.5) is 4.39 Å². The van der Waals surface area contributed by atoms with Gasteiger partial charge in [-0.3, -0.25) is 4.21 Å². The molecule has 1 aliphatic rings. The van der Waals surface area contributed by atoms with E-state index in [0.29, 0.717) is 5.92 Å². The van der Waals surface area contributed by atoms with Crippen molar-refractivity contribution in [2.45, 2.75) is 13.0 Å². The fourth-order valence-electron chi connectivity index (χ4n) is 2.84. The van der Waals surface area contributed by atoms with Crippen molar-refractivity contribution in [3.8, 4) is 0 Å². The average Bonchev–Trinajstić information content (AvgIpc) is 2.44. The van der Waals surface area contributed by atoms with E-state index >= 15 is 0 Å². The molecule has 0 amide bonds. The summed E-state index contributed by atoms with van der Waals surface area (Å²) in [6.07, 6.45) is 0. The number of hydrogen-bond acceptors (Lipinski definition) is 3. The van der Waals surface area contributed by atoms with Gasteiger partial charge in [-0.25, -0.2) is 4.39 Å². The lowest BCUT2D eigenvalue weighted by molar-refractivity contribution is 0.228. The molecule has 20 heavy (non-hydrogen) atoms. The summed E-state index contributed by atoms with van der Waals surface area (Å²) in [7, 11) is 1.23. The fraction of sp³-hybridized carbons (Fsp3) is 0.600. The Morgan fingerprint density at radius 2 is 2.00 bits per heavy atom. The number of nitrogens with one attached hydrogen (secondary N) is 1. The van der Waals surface area contributed by atoms with Crippen molar-refractivity contribution in [3.63, 3.8) is 0 Å². The van der Waals surface area contributed by atoms with Gasteiger partial charge < -0.3 is 10.2 Å². The Balaban J connectivity index is 2.00. The lowest BCUT2D eigenvalue weighted by atomic mass is 9.93. The van der Waals surface area contributed by atoms with Gasteiger partial charge >= 0.3 is 0 Å². The Labute approximate surface area is 123 Å². The van der Waals surface area contributed by atoms with Crippen LogP contribution in [0.15, 0.2) is 24.3 Å². The van der Waals surface area contributed by atoms with Crippen LogP contribution in [0.5, 0.6) is 0 Å². The largest absolute Gasteiger partial charge is 0.313 e. The molecule has 0 bridgehead atoms. The predicted molar refractivity (Wildman–Crippen MR) is 81.7 cm³/mol. The van der Waals surface area contributed by atoms with Crippen LogP contribution in [-0.4, -0.2) is 47.3 Å². The summed E-state index contributed by atoms with van der Waals surface area (Å²) >= 11 is 0. The van der Waals surface area contributed by atoms with Crippen LogP contribution < -0.4 is 5.32 Å². The molecule has 0 radical (unpaired) electrons. The minimum atomic E-state index is -0.645. The normalized spacial score (nSPS) is 20.8. The van der Waals surface area contributed by atoms with Crippen molar-refractivity contribution >= 4 is 10.8 Å². The SMILES string of the molecule is CNC(c1ccccc1F)C(C)CN1CCS(=O)CC1. The molecule has 1 aliphatic heterocycles. The van der Waals surface area contributed by atoms with Crippen LogP contribution in [0.1, 0.15) is 18.5 Å². The van der Waals surface area contributed by atoms with Gasteiger partial charge in [0.1, 0.15) is 5.82 Å². The molecular formula is C15H23FN2OS. The van der Waals surface area contributed by atoms with Gasteiger partial charge in [0, 0.05) is 53.5 Å². The molecule has 1 saturated heterocycles. The fourth-order valence-corrected chi connectivity index (χ4v) is 3.97. The molecule has 2 unspecified atom stereocenters. The molecular weight excluding hydrogens is 275 g/mol. The van der Waals surface area contributed by atoms with Crippen molar-refractivity contribution in [3.05, 3.63) is 35.6 Å². The summed E-state index contributed by atoms with van der Waals surface area (Å²) in [5.74, 6) is 1.66. The Hall–Kier alpha value is -0.780. The minimum Gasteiger partial charge on any atom is -0.313 e. The average molecular weight is 298 g/mol. The standard InChI is InChI=1S/C15H23FN2OS/c1-12(11-18-7-9-20(19)10-8-18)15(17-2)13-5-3-4-6-14(13)16/h3-6,12,15,17H,7-11H2,1-2H3. The Kier molecular flexibility index (Phi) is 5.69. The maximum absolute atomic E-state index is 13.9. The second-order valence-corrected chi connectivity index (χ2v) is 7.11. The lowest BCUT2D eigenvalue weighted by Crippen LogP contribution is -2.42. The van der Waals surface area contributed by atoms with Gasteiger partial charge in [0.25, 0.3) is 0 Å². The first-order valence-corrected chi connectivity index (χ1v) is 8.59. The Morgan fingerprint density at radius 3 is 2.60 bits per heavy atom. The van der Waals surface area contributed by atoms with E-state index in [4.69, 9.17) is 0 Å². The van der Waals surface area contributed by atoms with E-state index in [0.717, 1.165) is 36.7 Å². The summed E-state index contributed by atoms with van der Waals surface area (Å²) in [6.45, 7) is 4.80. The summed E-state index contributed by atoms with van der Waals surface area (Å²) in [4.78, 5) is 2.33. The predicted octanol–water partition coefficient (Wildman–Crippen LogP) is 1.79. The minimum absolute atomic E-state index is 0.00336. The van der Waals surface area contributed by atoms with Gasteiger partial charge in [-0.2, -0.15) is 0 Å². The molecule has 2 rings (SSSR count). The van der Waals surface area contributed by atoms with Gasteiger partial charge in [0.15, 0.2) is 0 Å². The summed E-state index contributed by atoms with van der Waals surface area (Å²) < 4.78 is 25.3. The number of rotatable bonds is 5. The van der Waals surface area contributed by atoms with E-state index in [9.17, 15) is 8.60 Å². The van der Waals surface area contributed by atoms with E-state index in [1.54, 1.807) is 6.07 Å². The maximum Gasteiger partial charge on any atom is 0.127 e. The first-order chi connectivity index (χ1) is 9.61. The molecule has 3 nitrogen and oxygen atoms in total. The van der Waals surface area contributed by atoms with Crippen LogP contribution in [0.25, 0.3) is 0 Å². The monoisotopic (exact) mass is 298 g/mol. The topological polar surface area (TPSA) is 32.3 Å². The number of hydrogen-bond donors (Lipinski definition) is 1. The van der Waals surface area contributed by atoms with Crippen molar-refractivity contribution in [1.82, 2.24) is 10.2 Å². The highest BCUT2D eigenvalue weighted by atomic mass is 32.2. The second kappa shape index (κ2) is 7.29. The van der Waals surface area contributed by atoms with Gasteiger partial charge in [-0.1, -0.05) is 25.1 Å². The van der Waals surface area contributed by atoms with Crippen molar-refractivity contribution in [2.24, 2.45) is 5.92 Å². The Bertz CT molecular complexity index is 459. The van der Waals surface area contributed by atoms with Crippen molar-refractivity contribution in [2.75, 3.05) is 38.2 Å². The molecule has 112 valence electrons.